The van der Waals surface area contributed by atoms with E-state index in [0.29, 0.717) is 4.47 Å². The van der Waals surface area contributed by atoms with Crippen LogP contribution < -0.4 is 4.74 Å². The van der Waals surface area contributed by atoms with Gasteiger partial charge < -0.3 is 4.74 Å². The quantitative estimate of drug-likeness (QED) is 0.708. The van der Waals surface area contributed by atoms with Crippen molar-refractivity contribution in [3.63, 3.8) is 0 Å². The Morgan fingerprint density at radius 3 is 2.79 bits per heavy atom. The second-order valence-corrected chi connectivity index (χ2v) is 5.87. The van der Waals surface area contributed by atoms with Gasteiger partial charge in [-0.25, -0.2) is 4.39 Å². The number of rotatable bonds is 2. The van der Waals surface area contributed by atoms with Gasteiger partial charge in [-0.2, -0.15) is 0 Å². The molecule has 0 N–H and O–H groups in total. The molecule has 2 aromatic carbocycles. The molecular formula is C15H11BrClFO. The first kappa shape index (κ1) is 12.9. The van der Waals surface area contributed by atoms with Crippen molar-refractivity contribution in [2.24, 2.45) is 0 Å². The van der Waals surface area contributed by atoms with Crippen LogP contribution in [0.2, 0.25) is 0 Å². The van der Waals surface area contributed by atoms with E-state index >= 15 is 0 Å². The molecule has 1 heterocycles. The third-order valence-corrected chi connectivity index (χ3v) is 4.40. The number of hydrogen-bond donors (Lipinski definition) is 0. The van der Waals surface area contributed by atoms with Crippen LogP contribution >= 0.6 is 27.5 Å². The summed E-state index contributed by atoms with van der Waals surface area (Å²) in [6.45, 7) is 0. The van der Waals surface area contributed by atoms with E-state index in [9.17, 15) is 4.39 Å². The van der Waals surface area contributed by atoms with Crippen molar-refractivity contribution in [2.45, 2.75) is 17.9 Å². The number of alkyl halides is 1. The third-order valence-electron chi connectivity index (χ3n) is 3.26. The highest BCUT2D eigenvalue weighted by molar-refractivity contribution is 9.10. The lowest BCUT2D eigenvalue weighted by molar-refractivity contribution is 0.227. The molecule has 2 atom stereocenters. The van der Waals surface area contributed by atoms with E-state index in [1.54, 1.807) is 12.1 Å². The predicted molar refractivity (Wildman–Crippen MR) is 77.3 cm³/mol. The minimum absolute atomic E-state index is 0.114. The number of hydrogen-bond acceptors (Lipinski definition) is 1. The lowest BCUT2D eigenvalue weighted by Crippen LogP contribution is -2.19. The van der Waals surface area contributed by atoms with Gasteiger partial charge in [-0.05, 0) is 45.3 Å². The van der Waals surface area contributed by atoms with Crippen molar-refractivity contribution in [1.29, 1.82) is 0 Å². The van der Waals surface area contributed by atoms with Crippen LogP contribution in [-0.4, -0.2) is 6.10 Å². The smallest absolute Gasteiger partial charge is 0.137 e. The molecule has 0 saturated carbocycles. The van der Waals surface area contributed by atoms with Crippen LogP contribution in [0.3, 0.4) is 0 Å². The third kappa shape index (κ3) is 2.49. The molecule has 2 aromatic rings. The van der Waals surface area contributed by atoms with Crippen LogP contribution in [-0.2, 0) is 6.42 Å². The lowest BCUT2D eigenvalue weighted by atomic mass is 10.0. The molecule has 0 aromatic heterocycles. The average molecular weight is 342 g/mol. The van der Waals surface area contributed by atoms with Crippen molar-refractivity contribution in [1.82, 2.24) is 0 Å². The minimum atomic E-state index is -0.302. The molecule has 4 heteroatoms. The van der Waals surface area contributed by atoms with E-state index in [1.807, 2.05) is 24.3 Å². The molecule has 0 bridgehead atoms. The highest BCUT2D eigenvalue weighted by Gasteiger charge is 2.30. The molecule has 98 valence electrons. The maximum absolute atomic E-state index is 13.2. The van der Waals surface area contributed by atoms with Crippen molar-refractivity contribution in [3.8, 4) is 5.75 Å². The van der Waals surface area contributed by atoms with Gasteiger partial charge in [0, 0.05) is 6.42 Å². The van der Waals surface area contributed by atoms with Crippen molar-refractivity contribution in [2.75, 3.05) is 0 Å². The number of para-hydroxylation sites is 1. The number of benzene rings is 2. The Balaban J connectivity index is 1.82. The van der Waals surface area contributed by atoms with Crippen LogP contribution in [0, 0.1) is 5.82 Å². The number of fused-ring (bicyclic) bond motifs is 1. The monoisotopic (exact) mass is 340 g/mol. The van der Waals surface area contributed by atoms with Gasteiger partial charge in [-0.1, -0.05) is 24.3 Å². The summed E-state index contributed by atoms with van der Waals surface area (Å²) in [6.07, 6.45) is 0.663. The summed E-state index contributed by atoms with van der Waals surface area (Å²) in [5.41, 5.74) is 2.02. The maximum Gasteiger partial charge on any atom is 0.137 e. The number of halogens is 3. The molecule has 0 fully saturated rings. The fourth-order valence-corrected chi connectivity index (χ4v) is 2.94. The molecule has 0 radical (unpaired) electrons. The van der Waals surface area contributed by atoms with Crippen LogP contribution in [0.1, 0.15) is 16.5 Å². The van der Waals surface area contributed by atoms with Crippen LogP contribution in [0.25, 0.3) is 0 Å². The first-order chi connectivity index (χ1) is 9.15. The zero-order valence-electron chi connectivity index (χ0n) is 9.95. The Bertz CT molecular complexity index is 592. The van der Waals surface area contributed by atoms with Gasteiger partial charge in [-0.15, -0.1) is 11.6 Å². The topological polar surface area (TPSA) is 9.23 Å². The molecule has 2 unspecified atom stereocenters. The molecule has 0 spiro atoms. The SMILES string of the molecule is Fc1ccc(C(Cl)C2Cc3ccccc3O2)cc1Br. The summed E-state index contributed by atoms with van der Waals surface area (Å²) < 4.78 is 19.5. The Morgan fingerprint density at radius 1 is 1.26 bits per heavy atom. The molecule has 1 nitrogen and oxygen atoms in total. The Kier molecular flexibility index (Phi) is 3.50. The van der Waals surface area contributed by atoms with E-state index < -0.39 is 0 Å². The van der Waals surface area contributed by atoms with Crippen molar-refractivity contribution in [3.05, 3.63) is 63.9 Å². The second-order valence-electron chi connectivity index (χ2n) is 4.54. The first-order valence-electron chi connectivity index (χ1n) is 5.99. The Labute approximate surface area is 124 Å². The lowest BCUT2D eigenvalue weighted by Gasteiger charge is -2.18. The molecule has 1 aliphatic rings. The van der Waals surface area contributed by atoms with Crippen molar-refractivity contribution >= 4 is 27.5 Å². The zero-order chi connectivity index (χ0) is 13.4. The summed E-state index contributed by atoms with van der Waals surface area (Å²) in [5.74, 6) is 0.600. The molecule has 3 rings (SSSR count). The zero-order valence-corrected chi connectivity index (χ0v) is 12.3. The van der Waals surface area contributed by atoms with Gasteiger partial charge in [0.05, 0.1) is 9.85 Å². The van der Waals surface area contributed by atoms with Crippen LogP contribution in [0.15, 0.2) is 46.9 Å². The molecular weight excluding hydrogens is 331 g/mol. The summed E-state index contributed by atoms with van der Waals surface area (Å²) in [5, 5.41) is -0.302. The highest BCUT2D eigenvalue weighted by atomic mass is 79.9. The molecule has 1 aliphatic heterocycles. The molecule has 0 amide bonds. The van der Waals surface area contributed by atoms with Crippen molar-refractivity contribution < 1.29 is 9.13 Å². The molecule has 0 aliphatic carbocycles. The number of ether oxygens (including phenoxy) is 1. The normalized spacial score (nSPS) is 18.8. The Morgan fingerprint density at radius 2 is 2.05 bits per heavy atom. The van der Waals surface area contributed by atoms with Gasteiger partial charge in [-0.3, -0.25) is 0 Å². The average Bonchev–Trinajstić information content (AvgIpc) is 2.85. The predicted octanol–water partition coefficient (Wildman–Crippen LogP) is 4.87. The van der Waals surface area contributed by atoms with Gasteiger partial charge >= 0.3 is 0 Å². The van der Waals surface area contributed by atoms with Gasteiger partial charge in [0.2, 0.25) is 0 Å². The van der Waals surface area contributed by atoms with E-state index in [1.165, 1.54) is 11.6 Å². The fraction of sp³-hybridized carbons (Fsp3) is 0.200. The van der Waals surface area contributed by atoms with Gasteiger partial charge in [0.1, 0.15) is 17.7 Å². The van der Waals surface area contributed by atoms with E-state index in [0.717, 1.165) is 17.7 Å². The highest BCUT2D eigenvalue weighted by Crippen LogP contribution is 2.37. The van der Waals surface area contributed by atoms with Gasteiger partial charge in [0.25, 0.3) is 0 Å². The summed E-state index contributed by atoms with van der Waals surface area (Å²) in [6, 6.07) is 12.7. The van der Waals surface area contributed by atoms with Crippen LogP contribution in [0.5, 0.6) is 5.75 Å². The Hall–Kier alpha value is -1.06. The van der Waals surface area contributed by atoms with Crippen LogP contribution in [0.4, 0.5) is 4.39 Å². The van der Waals surface area contributed by atoms with E-state index in [4.69, 9.17) is 16.3 Å². The van der Waals surface area contributed by atoms with Gasteiger partial charge in [0.15, 0.2) is 0 Å². The maximum atomic E-state index is 13.2. The summed E-state index contributed by atoms with van der Waals surface area (Å²) in [7, 11) is 0. The minimum Gasteiger partial charge on any atom is -0.488 e. The molecule has 0 saturated heterocycles. The summed E-state index contributed by atoms with van der Waals surface area (Å²) >= 11 is 9.64. The standard InChI is InChI=1S/C15H11BrClFO/c16-11-7-10(5-6-12(11)18)15(17)14-8-9-3-1-2-4-13(9)19-14/h1-7,14-15H,8H2. The molecule has 19 heavy (non-hydrogen) atoms. The van der Waals surface area contributed by atoms with E-state index in [2.05, 4.69) is 15.9 Å². The largest absolute Gasteiger partial charge is 0.488 e. The fourth-order valence-electron chi connectivity index (χ4n) is 2.27. The first-order valence-corrected chi connectivity index (χ1v) is 7.21. The van der Waals surface area contributed by atoms with E-state index in [-0.39, 0.29) is 17.3 Å². The second kappa shape index (κ2) is 5.14. The summed E-state index contributed by atoms with van der Waals surface area (Å²) in [4.78, 5) is 0.